The summed E-state index contributed by atoms with van der Waals surface area (Å²) in [7, 11) is 0. The molecule has 1 unspecified atom stereocenters. The third-order valence-electron chi connectivity index (χ3n) is 1.85. The van der Waals surface area contributed by atoms with Gasteiger partial charge in [-0.15, -0.1) is 11.8 Å². The fourth-order valence-corrected chi connectivity index (χ4v) is 1.73. The maximum atomic E-state index is 11.1. The molecule has 4 nitrogen and oxygen atoms in total. The second-order valence-corrected chi connectivity index (χ2v) is 4.24. The molecule has 1 N–H and O–H groups in total. The Hall–Kier alpha value is -1.07. The zero-order valence-corrected chi connectivity index (χ0v) is 10.2. The number of ether oxygens (including phenoxy) is 1. The summed E-state index contributed by atoms with van der Waals surface area (Å²) < 4.78 is 4.81. The predicted molar refractivity (Wildman–Crippen MR) is 62.2 cm³/mol. The van der Waals surface area contributed by atoms with E-state index in [1.54, 1.807) is 26.1 Å². The molecule has 0 radical (unpaired) electrons. The fourth-order valence-electron chi connectivity index (χ4n) is 1.07. The summed E-state index contributed by atoms with van der Waals surface area (Å²) in [6.07, 6.45) is 1.08. The van der Waals surface area contributed by atoms with Gasteiger partial charge in [0.2, 0.25) is 0 Å². The molecule has 1 atom stereocenters. The van der Waals surface area contributed by atoms with Crippen molar-refractivity contribution in [3.05, 3.63) is 24.0 Å². The first kappa shape index (κ1) is 13.0. The van der Waals surface area contributed by atoms with E-state index in [9.17, 15) is 9.90 Å². The molecule has 1 heterocycles. The number of pyridine rings is 1. The van der Waals surface area contributed by atoms with Crippen LogP contribution in [0.1, 0.15) is 25.6 Å². The van der Waals surface area contributed by atoms with Crippen molar-refractivity contribution in [1.29, 1.82) is 0 Å². The van der Waals surface area contributed by atoms with Gasteiger partial charge in [0.15, 0.2) is 0 Å². The number of hydrogen-bond donors (Lipinski definition) is 1. The van der Waals surface area contributed by atoms with E-state index in [4.69, 9.17) is 4.74 Å². The number of nitrogens with zero attached hydrogens (tertiary/aromatic N) is 1. The Morgan fingerprint density at radius 3 is 2.88 bits per heavy atom. The Balaban J connectivity index is 2.46. The summed E-state index contributed by atoms with van der Waals surface area (Å²) in [6.45, 7) is 3.84. The number of aliphatic hydroxyl groups is 1. The highest BCUT2D eigenvalue weighted by atomic mass is 32.2. The molecule has 0 saturated heterocycles. The zero-order valence-electron chi connectivity index (χ0n) is 9.34. The Bertz CT molecular complexity index is 338. The van der Waals surface area contributed by atoms with Crippen molar-refractivity contribution < 1.29 is 14.6 Å². The second kappa shape index (κ2) is 6.50. The molecule has 1 rings (SSSR count). The van der Waals surface area contributed by atoms with Gasteiger partial charge >= 0.3 is 5.97 Å². The van der Waals surface area contributed by atoms with E-state index in [1.165, 1.54) is 11.8 Å². The number of aliphatic hydroxyl groups excluding tert-OH is 1. The van der Waals surface area contributed by atoms with Crippen molar-refractivity contribution in [2.45, 2.75) is 24.8 Å². The van der Waals surface area contributed by atoms with E-state index >= 15 is 0 Å². The van der Waals surface area contributed by atoms with Crippen LogP contribution in [0.3, 0.4) is 0 Å². The second-order valence-electron chi connectivity index (χ2n) is 3.19. The van der Waals surface area contributed by atoms with Crippen LogP contribution in [-0.2, 0) is 9.53 Å². The first-order chi connectivity index (χ1) is 7.63. The third kappa shape index (κ3) is 4.20. The Morgan fingerprint density at radius 2 is 2.38 bits per heavy atom. The topological polar surface area (TPSA) is 59.4 Å². The van der Waals surface area contributed by atoms with Crippen LogP contribution in [0.15, 0.2) is 23.2 Å². The van der Waals surface area contributed by atoms with Crippen molar-refractivity contribution >= 4 is 17.7 Å². The van der Waals surface area contributed by atoms with Crippen molar-refractivity contribution in [3.63, 3.8) is 0 Å². The van der Waals surface area contributed by atoms with Crippen molar-refractivity contribution in [3.8, 4) is 0 Å². The minimum atomic E-state index is -0.566. The monoisotopic (exact) mass is 241 g/mol. The summed E-state index contributed by atoms with van der Waals surface area (Å²) in [4.78, 5) is 16.1. The summed E-state index contributed by atoms with van der Waals surface area (Å²) in [5.74, 6) is 0.0518. The summed E-state index contributed by atoms with van der Waals surface area (Å²) in [5.41, 5.74) is 0.625. The molecule has 0 aliphatic heterocycles. The van der Waals surface area contributed by atoms with Gasteiger partial charge in [0, 0.05) is 11.1 Å². The van der Waals surface area contributed by atoms with Gasteiger partial charge in [0.25, 0.3) is 0 Å². The number of rotatable bonds is 5. The highest BCUT2D eigenvalue weighted by Gasteiger charge is 2.05. The van der Waals surface area contributed by atoms with Crippen molar-refractivity contribution in [2.75, 3.05) is 12.4 Å². The first-order valence-electron chi connectivity index (χ1n) is 5.06. The van der Waals surface area contributed by atoms with Gasteiger partial charge in [-0.1, -0.05) is 0 Å². The van der Waals surface area contributed by atoms with Crippen LogP contribution < -0.4 is 0 Å². The average molecular weight is 241 g/mol. The number of carbonyl (C=O) groups excluding carboxylic acids is 1. The highest BCUT2D eigenvalue weighted by Crippen LogP contribution is 2.18. The normalized spacial score (nSPS) is 12.2. The van der Waals surface area contributed by atoms with Gasteiger partial charge < -0.3 is 9.84 Å². The molecule has 0 aliphatic rings. The lowest BCUT2D eigenvalue weighted by Crippen LogP contribution is -2.06. The molecule has 0 fully saturated rings. The number of thioether (sulfide) groups is 1. The van der Waals surface area contributed by atoms with Crippen LogP contribution >= 0.6 is 11.8 Å². The van der Waals surface area contributed by atoms with Gasteiger partial charge in [-0.25, -0.2) is 0 Å². The van der Waals surface area contributed by atoms with Gasteiger partial charge in [0.1, 0.15) is 0 Å². The average Bonchev–Trinajstić information content (AvgIpc) is 2.27. The van der Waals surface area contributed by atoms with E-state index in [1.807, 2.05) is 6.07 Å². The maximum Gasteiger partial charge on any atom is 0.316 e. The summed E-state index contributed by atoms with van der Waals surface area (Å²) in [5, 5.41) is 9.26. The smallest absolute Gasteiger partial charge is 0.316 e. The minimum Gasteiger partial charge on any atom is -0.465 e. The van der Waals surface area contributed by atoms with Crippen LogP contribution in [0.2, 0.25) is 0 Å². The predicted octanol–water partition coefficient (Wildman–Crippen LogP) is 1.79. The Morgan fingerprint density at radius 1 is 1.62 bits per heavy atom. The Labute approximate surface area is 99.0 Å². The lowest BCUT2D eigenvalue weighted by Gasteiger charge is -2.05. The third-order valence-corrected chi connectivity index (χ3v) is 2.80. The maximum absolute atomic E-state index is 11.1. The molecule has 0 spiro atoms. The van der Waals surface area contributed by atoms with Crippen LogP contribution in [0.25, 0.3) is 0 Å². The molecule has 0 aromatic carbocycles. The molecule has 0 bridgehead atoms. The SMILES string of the molecule is CCOC(=O)CSc1ccc(C(C)O)nc1. The van der Waals surface area contributed by atoms with E-state index in [0.29, 0.717) is 12.3 Å². The standard InChI is InChI=1S/C11H15NO3S/c1-3-15-11(14)7-16-9-4-5-10(8(2)13)12-6-9/h4-6,8,13H,3,7H2,1-2H3. The lowest BCUT2D eigenvalue weighted by atomic mass is 10.2. The van der Waals surface area contributed by atoms with Crippen LogP contribution in [0.4, 0.5) is 0 Å². The van der Waals surface area contributed by atoms with Gasteiger partial charge in [0.05, 0.1) is 24.2 Å². The van der Waals surface area contributed by atoms with E-state index in [-0.39, 0.29) is 11.7 Å². The zero-order chi connectivity index (χ0) is 12.0. The fraction of sp³-hybridized carbons (Fsp3) is 0.455. The molecular formula is C11H15NO3S. The summed E-state index contributed by atoms with van der Waals surface area (Å²) >= 11 is 1.37. The molecule has 0 amide bonds. The quantitative estimate of drug-likeness (QED) is 0.629. The van der Waals surface area contributed by atoms with E-state index < -0.39 is 6.10 Å². The highest BCUT2D eigenvalue weighted by molar-refractivity contribution is 8.00. The molecule has 0 saturated carbocycles. The lowest BCUT2D eigenvalue weighted by molar-refractivity contribution is -0.139. The van der Waals surface area contributed by atoms with E-state index in [0.717, 1.165) is 4.90 Å². The summed E-state index contributed by atoms with van der Waals surface area (Å²) in [6, 6.07) is 3.58. The number of hydrogen-bond acceptors (Lipinski definition) is 5. The van der Waals surface area contributed by atoms with Gasteiger partial charge in [-0.3, -0.25) is 9.78 Å². The number of carbonyl (C=O) groups is 1. The number of esters is 1. The molecular weight excluding hydrogens is 226 g/mol. The molecule has 5 heteroatoms. The molecule has 1 aromatic rings. The molecule has 16 heavy (non-hydrogen) atoms. The van der Waals surface area contributed by atoms with Crippen LogP contribution in [-0.4, -0.2) is 28.4 Å². The van der Waals surface area contributed by atoms with Gasteiger partial charge in [-0.2, -0.15) is 0 Å². The van der Waals surface area contributed by atoms with Crippen LogP contribution in [0.5, 0.6) is 0 Å². The molecule has 0 aliphatic carbocycles. The first-order valence-corrected chi connectivity index (χ1v) is 6.04. The molecule has 1 aromatic heterocycles. The number of aromatic nitrogens is 1. The molecule has 88 valence electrons. The van der Waals surface area contributed by atoms with Crippen molar-refractivity contribution in [1.82, 2.24) is 4.98 Å². The Kier molecular flexibility index (Phi) is 5.28. The van der Waals surface area contributed by atoms with Gasteiger partial charge in [-0.05, 0) is 26.0 Å². The van der Waals surface area contributed by atoms with E-state index in [2.05, 4.69) is 4.98 Å². The van der Waals surface area contributed by atoms with Crippen LogP contribution in [0, 0.1) is 0 Å². The van der Waals surface area contributed by atoms with Crippen molar-refractivity contribution in [2.24, 2.45) is 0 Å². The minimum absolute atomic E-state index is 0.230. The largest absolute Gasteiger partial charge is 0.465 e.